The molecule has 1 amide bonds. The number of carbonyl (C=O) groups excluding carboxylic acids is 1. The number of anilines is 2. The molecule has 0 bridgehead atoms. The minimum atomic E-state index is -0.175. The molecule has 1 atom stereocenters. The summed E-state index contributed by atoms with van der Waals surface area (Å²) in [5.41, 5.74) is 0.787. The molecule has 0 aromatic carbocycles. The van der Waals surface area contributed by atoms with E-state index in [4.69, 9.17) is 0 Å². The number of amides is 1. The van der Waals surface area contributed by atoms with Crippen LogP contribution < -0.4 is 21.3 Å². The summed E-state index contributed by atoms with van der Waals surface area (Å²) < 4.78 is 0. The third-order valence-corrected chi connectivity index (χ3v) is 3.38. The van der Waals surface area contributed by atoms with Gasteiger partial charge in [-0.2, -0.15) is 4.98 Å². The van der Waals surface area contributed by atoms with Crippen LogP contribution in [0.25, 0.3) is 0 Å². The zero-order valence-corrected chi connectivity index (χ0v) is 15.0. The highest BCUT2D eigenvalue weighted by Crippen LogP contribution is 2.12. The maximum absolute atomic E-state index is 11.6. The summed E-state index contributed by atoms with van der Waals surface area (Å²) in [4.78, 5) is 20.2. The van der Waals surface area contributed by atoms with E-state index in [0.29, 0.717) is 18.9 Å². The lowest BCUT2D eigenvalue weighted by Gasteiger charge is -2.09. The van der Waals surface area contributed by atoms with E-state index in [1.54, 1.807) is 20.3 Å². The number of likely N-dealkylation sites (N-methyl/N-ethyl adjacent to an activating group) is 1. The standard InChI is InChI=1S/C17H28N6O/c1-5-10-20-15-14(12-22-17(19-4)23-15)9-7-6-8-11-21-16(24)13(2)18-3/h12-13,18H,5-6,8,10-11H2,1-4H3,(H,21,24)(H2,19,20,22,23)/t13-/m0/s1. The fraction of sp³-hybridized carbons (Fsp3) is 0.588. The molecular weight excluding hydrogens is 304 g/mol. The van der Waals surface area contributed by atoms with Gasteiger partial charge in [0, 0.05) is 26.6 Å². The van der Waals surface area contributed by atoms with Gasteiger partial charge in [0.15, 0.2) is 0 Å². The third kappa shape index (κ3) is 6.84. The lowest BCUT2D eigenvalue weighted by atomic mass is 10.2. The Bertz CT molecular complexity index is 578. The molecule has 1 aromatic heterocycles. The zero-order chi connectivity index (χ0) is 17.8. The monoisotopic (exact) mass is 332 g/mol. The second-order valence-electron chi connectivity index (χ2n) is 5.34. The first-order valence-electron chi connectivity index (χ1n) is 8.34. The number of aromatic nitrogens is 2. The molecule has 0 aliphatic rings. The Balaban J connectivity index is 2.51. The number of hydrogen-bond donors (Lipinski definition) is 4. The molecule has 1 aromatic rings. The minimum absolute atomic E-state index is 0.00701. The molecule has 0 unspecified atom stereocenters. The van der Waals surface area contributed by atoms with Crippen molar-refractivity contribution in [1.29, 1.82) is 0 Å². The summed E-state index contributed by atoms with van der Waals surface area (Å²) in [7, 11) is 3.55. The largest absolute Gasteiger partial charge is 0.369 e. The summed E-state index contributed by atoms with van der Waals surface area (Å²) in [6.07, 6.45) is 4.24. The van der Waals surface area contributed by atoms with Gasteiger partial charge in [0.25, 0.3) is 0 Å². The van der Waals surface area contributed by atoms with Gasteiger partial charge in [-0.25, -0.2) is 4.98 Å². The van der Waals surface area contributed by atoms with E-state index in [9.17, 15) is 4.79 Å². The molecule has 0 aliphatic heterocycles. The van der Waals surface area contributed by atoms with Crippen molar-refractivity contribution in [1.82, 2.24) is 20.6 Å². The molecule has 7 heteroatoms. The highest BCUT2D eigenvalue weighted by Gasteiger charge is 2.08. The minimum Gasteiger partial charge on any atom is -0.369 e. The molecule has 0 aliphatic carbocycles. The van der Waals surface area contributed by atoms with Gasteiger partial charge in [-0.3, -0.25) is 4.79 Å². The Kier molecular flexibility index (Phi) is 9.24. The quantitative estimate of drug-likeness (QED) is 0.401. The Morgan fingerprint density at radius 1 is 1.33 bits per heavy atom. The molecule has 0 fully saturated rings. The van der Waals surface area contributed by atoms with Crippen molar-refractivity contribution in [2.45, 2.75) is 39.2 Å². The van der Waals surface area contributed by atoms with Crippen LogP contribution in [-0.2, 0) is 4.79 Å². The van der Waals surface area contributed by atoms with Crippen molar-refractivity contribution >= 4 is 17.7 Å². The number of rotatable bonds is 9. The first-order valence-corrected chi connectivity index (χ1v) is 8.34. The maximum Gasteiger partial charge on any atom is 0.236 e. The van der Waals surface area contributed by atoms with Crippen molar-refractivity contribution < 1.29 is 4.79 Å². The van der Waals surface area contributed by atoms with Gasteiger partial charge >= 0.3 is 0 Å². The normalized spacial score (nSPS) is 11.2. The highest BCUT2D eigenvalue weighted by atomic mass is 16.2. The Morgan fingerprint density at radius 2 is 2.12 bits per heavy atom. The number of nitrogens with one attached hydrogen (secondary N) is 4. The topological polar surface area (TPSA) is 91.0 Å². The molecule has 0 saturated heterocycles. The van der Waals surface area contributed by atoms with Crippen molar-refractivity contribution in [3.05, 3.63) is 11.8 Å². The fourth-order valence-electron chi connectivity index (χ4n) is 1.80. The van der Waals surface area contributed by atoms with E-state index >= 15 is 0 Å². The molecule has 0 radical (unpaired) electrons. The average Bonchev–Trinajstić information content (AvgIpc) is 2.62. The molecule has 132 valence electrons. The van der Waals surface area contributed by atoms with Gasteiger partial charge < -0.3 is 21.3 Å². The molecule has 7 nitrogen and oxygen atoms in total. The number of carbonyl (C=O) groups is 1. The highest BCUT2D eigenvalue weighted by molar-refractivity contribution is 5.81. The SMILES string of the molecule is CCCNc1nc(NC)ncc1C#CCCCNC(=O)[C@H](C)NC. The van der Waals surface area contributed by atoms with Crippen LogP contribution in [-0.4, -0.2) is 49.1 Å². The van der Waals surface area contributed by atoms with E-state index in [1.165, 1.54) is 0 Å². The van der Waals surface area contributed by atoms with E-state index in [-0.39, 0.29) is 11.9 Å². The molecule has 1 rings (SSSR count). The molecule has 1 heterocycles. The summed E-state index contributed by atoms with van der Waals surface area (Å²) in [5, 5.41) is 12.0. The molecular formula is C17H28N6O. The van der Waals surface area contributed by atoms with Gasteiger partial charge in [-0.05, 0) is 26.8 Å². The van der Waals surface area contributed by atoms with Gasteiger partial charge in [0.2, 0.25) is 11.9 Å². The average molecular weight is 332 g/mol. The Hall–Kier alpha value is -2.33. The lowest BCUT2D eigenvalue weighted by Crippen LogP contribution is -2.40. The third-order valence-electron chi connectivity index (χ3n) is 3.38. The van der Waals surface area contributed by atoms with Gasteiger partial charge in [0.05, 0.1) is 17.8 Å². The van der Waals surface area contributed by atoms with Gasteiger partial charge in [-0.1, -0.05) is 18.8 Å². The Labute approximate surface area is 144 Å². The first kappa shape index (κ1) is 19.7. The molecule has 0 spiro atoms. The van der Waals surface area contributed by atoms with Crippen molar-refractivity contribution in [2.75, 3.05) is 37.8 Å². The number of hydrogen-bond acceptors (Lipinski definition) is 6. The second-order valence-corrected chi connectivity index (χ2v) is 5.34. The van der Waals surface area contributed by atoms with Crippen LogP contribution >= 0.6 is 0 Å². The van der Waals surface area contributed by atoms with Gasteiger partial charge in [-0.15, -0.1) is 0 Å². The summed E-state index contributed by atoms with van der Waals surface area (Å²) >= 11 is 0. The fourth-order valence-corrected chi connectivity index (χ4v) is 1.80. The number of nitrogens with zero attached hydrogens (tertiary/aromatic N) is 2. The van der Waals surface area contributed by atoms with E-state index in [1.807, 2.05) is 6.92 Å². The second kappa shape index (κ2) is 11.2. The molecule has 4 N–H and O–H groups in total. The van der Waals surface area contributed by atoms with Crippen LogP contribution in [0.2, 0.25) is 0 Å². The van der Waals surface area contributed by atoms with Crippen LogP contribution in [0.15, 0.2) is 6.20 Å². The Morgan fingerprint density at radius 3 is 2.79 bits per heavy atom. The van der Waals surface area contributed by atoms with Crippen molar-refractivity contribution in [3.63, 3.8) is 0 Å². The summed E-state index contributed by atoms with van der Waals surface area (Å²) in [6, 6.07) is -0.175. The predicted octanol–water partition coefficient (Wildman–Crippen LogP) is 1.20. The van der Waals surface area contributed by atoms with E-state index in [2.05, 4.69) is 50.0 Å². The van der Waals surface area contributed by atoms with Crippen LogP contribution in [0.4, 0.5) is 11.8 Å². The summed E-state index contributed by atoms with van der Waals surface area (Å²) in [6.45, 7) is 5.39. The van der Waals surface area contributed by atoms with Crippen LogP contribution in [0.3, 0.4) is 0 Å². The maximum atomic E-state index is 11.6. The predicted molar refractivity (Wildman–Crippen MR) is 98.0 cm³/mol. The summed E-state index contributed by atoms with van der Waals surface area (Å²) in [5.74, 6) is 7.55. The first-order chi connectivity index (χ1) is 11.6. The van der Waals surface area contributed by atoms with Crippen LogP contribution in [0, 0.1) is 11.8 Å². The zero-order valence-electron chi connectivity index (χ0n) is 15.0. The lowest BCUT2D eigenvalue weighted by molar-refractivity contribution is -0.122. The van der Waals surface area contributed by atoms with Gasteiger partial charge in [0.1, 0.15) is 5.82 Å². The van der Waals surface area contributed by atoms with Crippen LogP contribution in [0.1, 0.15) is 38.7 Å². The molecule has 24 heavy (non-hydrogen) atoms. The smallest absolute Gasteiger partial charge is 0.236 e. The van der Waals surface area contributed by atoms with Crippen molar-refractivity contribution in [2.24, 2.45) is 0 Å². The van der Waals surface area contributed by atoms with E-state index in [0.717, 1.165) is 30.8 Å². The van der Waals surface area contributed by atoms with Crippen LogP contribution in [0.5, 0.6) is 0 Å². The van der Waals surface area contributed by atoms with E-state index < -0.39 is 0 Å². The molecule has 0 saturated carbocycles. The number of unbranched alkanes of at least 4 members (excludes halogenated alkanes) is 1. The van der Waals surface area contributed by atoms with Crippen molar-refractivity contribution in [3.8, 4) is 11.8 Å².